The van der Waals surface area contributed by atoms with Gasteiger partial charge in [0.2, 0.25) is 0 Å². The van der Waals surface area contributed by atoms with Crippen molar-refractivity contribution in [2.45, 2.75) is 50.7 Å². The number of nitrogens with zero attached hydrogens (tertiary/aromatic N) is 1. The molecule has 1 aliphatic heterocycles. The minimum atomic E-state index is 0.335. The van der Waals surface area contributed by atoms with E-state index < -0.39 is 0 Å². The first kappa shape index (κ1) is 15.0. The smallest absolute Gasteiger partial charge is 0.0431 e. The zero-order chi connectivity index (χ0) is 14.5. The van der Waals surface area contributed by atoms with E-state index in [1.54, 1.807) is 0 Å². The Morgan fingerprint density at radius 3 is 2.67 bits per heavy atom. The molecular formula is C18H28N2O. The summed E-state index contributed by atoms with van der Waals surface area (Å²) >= 11 is 0. The Kier molecular flexibility index (Phi) is 5.28. The quantitative estimate of drug-likeness (QED) is 0.809. The Labute approximate surface area is 128 Å². The summed E-state index contributed by atoms with van der Waals surface area (Å²) in [5, 5.41) is 12.8. The largest absolute Gasteiger partial charge is 0.396 e. The van der Waals surface area contributed by atoms with Gasteiger partial charge in [0.1, 0.15) is 0 Å². The normalized spacial score (nSPS) is 26.9. The maximum absolute atomic E-state index is 9.07. The molecule has 3 nitrogen and oxygen atoms in total. The lowest BCUT2D eigenvalue weighted by molar-refractivity contribution is 0.122. The zero-order valence-corrected chi connectivity index (χ0v) is 12.9. The molecule has 0 bridgehead atoms. The molecule has 1 aromatic carbocycles. The summed E-state index contributed by atoms with van der Waals surface area (Å²) in [7, 11) is 0. The van der Waals surface area contributed by atoms with Crippen LogP contribution >= 0.6 is 0 Å². The Hall–Kier alpha value is -0.900. The fourth-order valence-electron chi connectivity index (χ4n) is 3.57. The van der Waals surface area contributed by atoms with Crippen molar-refractivity contribution in [1.29, 1.82) is 0 Å². The molecule has 0 aromatic heterocycles. The predicted octanol–water partition coefficient (Wildman–Crippen LogP) is 2.40. The third kappa shape index (κ3) is 4.53. The lowest BCUT2D eigenvalue weighted by Crippen LogP contribution is -2.49. The van der Waals surface area contributed by atoms with Crippen molar-refractivity contribution in [3.8, 4) is 0 Å². The number of aliphatic hydroxyl groups is 1. The third-order valence-electron chi connectivity index (χ3n) is 4.84. The van der Waals surface area contributed by atoms with E-state index in [1.807, 2.05) is 0 Å². The standard InChI is InChI=1S/C18H28N2O/c21-10-4-7-16-11-17(14-20(13-16)18-8-9-18)19-12-15-5-2-1-3-6-15/h1-3,5-6,16-19,21H,4,7-14H2. The van der Waals surface area contributed by atoms with Crippen LogP contribution in [0, 0.1) is 5.92 Å². The van der Waals surface area contributed by atoms with Crippen LogP contribution in [-0.2, 0) is 6.54 Å². The van der Waals surface area contributed by atoms with Crippen LogP contribution in [0.2, 0.25) is 0 Å². The second-order valence-electron chi connectivity index (χ2n) is 6.72. The van der Waals surface area contributed by atoms with Crippen LogP contribution in [0.1, 0.15) is 37.7 Å². The van der Waals surface area contributed by atoms with Gasteiger partial charge in [-0.05, 0) is 43.6 Å². The molecule has 2 fully saturated rings. The van der Waals surface area contributed by atoms with Crippen molar-refractivity contribution in [3.63, 3.8) is 0 Å². The summed E-state index contributed by atoms with van der Waals surface area (Å²) in [5.41, 5.74) is 1.37. The molecule has 0 spiro atoms. The molecule has 0 radical (unpaired) electrons. The molecule has 1 aliphatic carbocycles. The van der Waals surface area contributed by atoms with Crippen molar-refractivity contribution in [2.24, 2.45) is 5.92 Å². The van der Waals surface area contributed by atoms with Gasteiger partial charge in [-0.15, -0.1) is 0 Å². The molecule has 1 aromatic rings. The highest BCUT2D eigenvalue weighted by molar-refractivity contribution is 5.14. The predicted molar refractivity (Wildman–Crippen MR) is 86.1 cm³/mol. The molecular weight excluding hydrogens is 260 g/mol. The lowest BCUT2D eigenvalue weighted by Gasteiger charge is -2.38. The number of hydrogen-bond acceptors (Lipinski definition) is 3. The van der Waals surface area contributed by atoms with E-state index in [4.69, 9.17) is 5.11 Å². The highest BCUT2D eigenvalue weighted by Crippen LogP contribution is 2.32. The molecule has 3 rings (SSSR count). The summed E-state index contributed by atoms with van der Waals surface area (Å²) in [6.45, 7) is 3.75. The van der Waals surface area contributed by atoms with Crippen molar-refractivity contribution >= 4 is 0 Å². The van der Waals surface area contributed by atoms with Gasteiger partial charge >= 0.3 is 0 Å². The first-order valence-electron chi connectivity index (χ1n) is 8.47. The Morgan fingerprint density at radius 1 is 1.14 bits per heavy atom. The zero-order valence-electron chi connectivity index (χ0n) is 12.9. The van der Waals surface area contributed by atoms with E-state index in [2.05, 4.69) is 40.5 Å². The maximum Gasteiger partial charge on any atom is 0.0431 e. The summed E-state index contributed by atoms with van der Waals surface area (Å²) in [6.07, 6.45) is 6.16. The first-order valence-corrected chi connectivity index (χ1v) is 8.47. The van der Waals surface area contributed by atoms with Gasteiger partial charge < -0.3 is 10.4 Å². The van der Waals surface area contributed by atoms with Gasteiger partial charge in [0, 0.05) is 38.3 Å². The summed E-state index contributed by atoms with van der Waals surface area (Å²) in [5.74, 6) is 0.750. The van der Waals surface area contributed by atoms with Crippen molar-refractivity contribution < 1.29 is 5.11 Å². The van der Waals surface area contributed by atoms with Crippen LogP contribution in [-0.4, -0.2) is 41.8 Å². The van der Waals surface area contributed by atoms with Crippen molar-refractivity contribution in [2.75, 3.05) is 19.7 Å². The Morgan fingerprint density at radius 2 is 1.95 bits per heavy atom. The average Bonchev–Trinajstić information content (AvgIpc) is 3.37. The fraction of sp³-hybridized carbons (Fsp3) is 0.667. The molecule has 1 saturated heterocycles. The number of piperidine rings is 1. The number of benzene rings is 1. The second kappa shape index (κ2) is 7.39. The summed E-state index contributed by atoms with van der Waals surface area (Å²) in [6, 6.07) is 12.1. The number of likely N-dealkylation sites (tertiary alicyclic amines) is 1. The van der Waals surface area contributed by atoms with E-state index in [-0.39, 0.29) is 0 Å². The molecule has 0 amide bonds. The van der Waals surface area contributed by atoms with Crippen LogP contribution in [0.4, 0.5) is 0 Å². The van der Waals surface area contributed by atoms with Gasteiger partial charge in [-0.2, -0.15) is 0 Å². The van der Waals surface area contributed by atoms with E-state index in [1.165, 1.54) is 44.3 Å². The van der Waals surface area contributed by atoms with Gasteiger partial charge in [0.05, 0.1) is 0 Å². The number of rotatable bonds is 7. The molecule has 116 valence electrons. The van der Waals surface area contributed by atoms with E-state index in [0.29, 0.717) is 12.6 Å². The Bertz CT molecular complexity index is 418. The first-order chi connectivity index (χ1) is 10.3. The van der Waals surface area contributed by atoms with Crippen molar-refractivity contribution in [1.82, 2.24) is 10.2 Å². The highest BCUT2D eigenvalue weighted by Gasteiger charge is 2.35. The van der Waals surface area contributed by atoms with Crippen LogP contribution in [0.25, 0.3) is 0 Å². The maximum atomic E-state index is 9.07. The van der Waals surface area contributed by atoms with E-state index >= 15 is 0 Å². The number of hydrogen-bond donors (Lipinski definition) is 2. The fourth-order valence-corrected chi connectivity index (χ4v) is 3.57. The molecule has 2 atom stereocenters. The Balaban J connectivity index is 1.52. The van der Waals surface area contributed by atoms with E-state index in [0.717, 1.165) is 24.9 Å². The third-order valence-corrected chi connectivity index (χ3v) is 4.84. The molecule has 1 heterocycles. The summed E-state index contributed by atoms with van der Waals surface area (Å²) < 4.78 is 0. The van der Waals surface area contributed by atoms with Crippen LogP contribution in [0.5, 0.6) is 0 Å². The molecule has 2 N–H and O–H groups in total. The second-order valence-corrected chi connectivity index (χ2v) is 6.72. The minimum Gasteiger partial charge on any atom is -0.396 e. The minimum absolute atomic E-state index is 0.335. The number of nitrogens with one attached hydrogen (secondary N) is 1. The molecule has 21 heavy (non-hydrogen) atoms. The molecule has 3 heteroatoms. The molecule has 1 saturated carbocycles. The lowest BCUT2D eigenvalue weighted by atomic mass is 9.90. The van der Waals surface area contributed by atoms with Gasteiger partial charge in [-0.3, -0.25) is 4.90 Å². The van der Waals surface area contributed by atoms with Crippen molar-refractivity contribution in [3.05, 3.63) is 35.9 Å². The highest BCUT2D eigenvalue weighted by atomic mass is 16.2. The molecule has 2 aliphatic rings. The summed E-state index contributed by atoms with van der Waals surface area (Å²) in [4.78, 5) is 2.69. The van der Waals surface area contributed by atoms with E-state index in [9.17, 15) is 0 Å². The SMILES string of the molecule is OCCCC1CC(NCc2ccccc2)CN(C2CC2)C1. The topological polar surface area (TPSA) is 35.5 Å². The van der Waals surface area contributed by atoms with Gasteiger partial charge in [-0.25, -0.2) is 0 Å². The van der Waals surface area contributed by atoms with Gasteiger partial charge in [-0.1, -0.05) is 30.3 Å². The number of aliphatic hydroxyl groups excluding tert-OH is 1. The van der Waals surface area contributed by atoms with Crippen LogP contribution < -0.4 is 5.32 Å². The van der Waals surface area contributed by atoms with Crippen LogP contribution in [0.15, 0.2) is 30.3 Å². The molecule has 2 unspecified atom stereocenters. The van der Waals surface area contributed by atoms with Gasteiger partial charge in [0.15, 0.2) is 0 Å². The van der Waals surface area contributed by atoms with Crippen LogP contribution in [0.3, 0.4) is 0 Å². The average molecular weight is 288 g/mol. The van der Waals surface area contributed by atoms with Gasteiger partial charge in [0.25, 0.3) is 0 Å². The monoisotopic (exact) mass is 288 g/mol.